The SMILES string of the molecule is COc1cccc(-c2noc(N(C)CC3CCC3)n2)c1. The second-order valence-electron chi connectivity index (χ2n) is 5.31. The standard InChI is InChI=1S/C15H19N3O2/c1-18(10-11-5-3-6-11)15-16-14(17-20-15)12-7-4-8-13(9-12)19-2/h4,7-9,11H,3,5-6,10H2,1-2H3. The molecule has 5 heteroatoms. The zero-order chi connectivity index (χ0) is 13.9. The Hall–Kier alpha value is -2.04. The predicted molar refractivity (Wildman–Crippen MR) is 76.9 cm³/mol. The molecule has 5 nitrogen and oxygen atoms in total. The molecule has 1 aliphatic rings. The Balaban J connectivity index is 1.74. The highest BCUT2D eigenvalue weighted by Gasteiger charge is 2.21. The summed E-state index contributed by atoms with van der Waals surface area (Å²) in [5.41, 5.74) is 0.899. The van der Waals surface area contributed by atoms with Crippen molar-refractivity contribution < 1.29 is 9.26 Å². The smallest absolute Gasteiger partial charge is 0.324 e. The van der Waals surface area contributed by atoms with Crippen molar-refractivity contribution in [2.75, 3.05) is 25.6 Å². The maximum Gasteiger partial charge on any atom is 0.324 e. The minimum absolute atomic E-state index is 0.578. The van der Waals surface area contributed by atoms with Gasteiger partial charge >= 0.3 is 6.01 Å². The molecule has 0 bridgehead atoms. The van der Waals surface area contributed by atoms with Crippen LogP contribution in [-0.4, -0.2) is 30.8 Å². The molecule has 1 heterocycles. The van der Waals surface area contributed by atoms with Gasteiger partial charge in [0.05, 0.1) is 7.11 Å². The lowest BCUT2D eigenvalue weighted by Crippen LogP contribution is -2.29. The van der Waals surface area contributed by atoms with E-state index in [1.54, 1.807) is 7.11 Å². The van der Waals surface area contributed by atoms with Crippen LogP contribution in [0.25, 0.3) is 11.4 Å². The molecule has 0 unspecified atom stereocenters. The Labute approximate surface area is 118 Å². The number of methoxy groups -OCH3 is 1. The Kier molecular flexibility index (Phi) is 3.58. The Morgan fingerprint density at radius 3 is 2.95 bits per heavy atom. The lowest BCUT2D eigenvalue weighted by atomic mass is 9.85. The normalized spacial score (nSPS) is 14.9. The maximum absolute atomic E-state index is 5.35. The summed E-state index contributed by atoms with van der Waals surface area (Å²) < 4.78 is 10.6. The van der Waals surface area contributed by atoms with Crippen molar-refractivity contribution >= 4 is 6.01 Å². The van der Waals surface area contributed by atoms with Crippen LogP contribution < -0.4 is 9.64 Å². The third-order valence-electron chi connectivity index (χ3n) is 3.83. The number of ether oxygens (including phenoxy) is 1. The Bertz CT molecular complexity index is 578. The lowest BCUT2D eigenvalue weighted by molar-refractivity contribution is 0.312. The topological polar surface area (TPSA) is 51.4 Å². The van der Waals surface area contributed by atoms with Crippen LogP contribution >= 0.6 is 0 Å². The summed E-state index contributed by atoms with van der Waals surface area (Å²) in [6.07, 6.45) is 3.96. The fourth-order valence-corrected chi connectivity index (χ4v) is 2.39. The van der Waals surface area contributed by atoms with Crippen LogP contribution in [0.3, 0.4) is 0 Å². The van der Waals surface area contributed by atoms with Crippen molar-refractivity contribution in [2.24, 2.45) is 5.92 Å². The molecule has 0 N–H and O–H groups in total. The van der Waals surface area contributed by atoms with Crippen LogP contribution in [-0.2, 0) is 0 Å². The fourth-order valence-electron chi connectivity index (χ4n) is 2.39. The summed E-state index contributed by atoms with van der Waals surface area (Å²) in [4.78, 5) is 6.50. The van der Waals surface area contributed by atoms with Crippen LogP contribution in [0.2, 0.25) is 0 Å². The van der Waals surface area contributed by atoms with E-state index in [-0.39, 0.29) is 0 Å². The van der Waals surface area contributed by atoms with Gasteiger partial charge in [0.25, 0.3) is 0 Å². The third kappa shape index (κ3) is 2.61. The van der Waals surface area contributed by atoms with Crippen LogP contribution in [0.15, 0.2) is 28.8 Å². The van der Waals surface area contributed by atoms with Gasteiger partial charge in [0.1, 0.15) is 5.75 Å². The summed E-state index contributed by atoms with van der Waals surface area (Å²) in [6, 6.07) is 8.24. The average Bonchev–Trinajstić information content (AvgIpc) is 2.92. The number of hydrogen-bond acceptors (Lipinski definition) is 5. The van der Waals surface area contributed by atoms with Gasteiger partial charge in [-0.1, -0.05) is 23.7 Å². The molecule has 1 aromatic carbocycles. The second kappa shape index (κ2) is 5.53. The molecule has 0 aliphatic heterocycles. The lowest BCUT2D eigenvalue weighted by Gasteiger charge is -2.28. The van der Waals surface area contributed by atoms with Gasteiger partial charge in [-0.05, 0) is 30.9 Å². The van der Waals surface area contributed by atoms with Crippen molar-refractivity contribution in [3.63, 3.8) is 0 Å². The largest absolute Gasteiger partial charge is 0.497 e. The third-order valence-corrected chi connectivity index (χ3v) is 3.83. The molecular weight excluding hydrogens is 254 g/mol. The fraction of sp³-hybridized carbons (Fsp3) is 0.467. The van der Waals surface area contributed by atoms with Gasteiger partial charge in [-0.15, -0.1) is 0 Å². The number of nitrogens with zero attached hydrogens (tertiary/aromatic N) is 3. The quantitative estimate of drug-likeness (QED) is 0.838. The monoisotopic (exact) mass is 273 g/mol. The molecule has 3 rings (SSSR count). The molecule has 20 heavy (non-hydrogen) atoms. The van der Waals surface area contributed by atoms with Crippen LogP contribution in [0.4, 0.5) is 6.01 Å². The van der Waals surface area contributed by atoms with Gasteiger partial charge in [0.15, 0.2) is 0 Å². The molecule has 1 fully saturated rings. The minimum Gasteiger partial charge on any atom is -0.497 e. The molecule has 0 spiro atoms. The van der Waals surface area contributed by atoms with Gasteiger partial charge in [0.2, 0.25) is 5.82 Å². The molecule has 0 radical (unpaired) electrons. The average molecular weight is 273 g/mol. The Morgan fingerprint density at radius 2 is 2.25 bits per heavy atom. The van der Waals surface area contributed by atoms with E-state index in [4.69, 9.17) is 9.26 Å². The Morgan fingerprint density at radius 1 is 1.40 bits per heavy atom. The van der Waals surface area contributed by atoms with Gasteiger partial charge in [-0.2, -0.15) is 4.98 Å². The van der Waals surface area contributed by atoms with Crippen LogP contribution in [0.5, 0.6) is 5.75 Å². The van der Waals surface area contributed by atoms with Crippen LogP contribution in [0, 0.1) is 5.92 Å². The molecule has 1 aromatic heterocycles. The van der Waals surface area contributed by atoms with E-state index in [1.165, 1.54) is 19.3 Å². The first-order valence-electron chi connectivity index (χ1n) is 6.95. The molecule has 1 saturated carbocycles. The van der Waals surface area contributed by atoms with Gasteiger partial charge in [0, 0.05) is 19.2 Å². The molecule has 0 atom stereocenters. The van der Waals surface area contributed by atoms with E-state index in [0.29, 0.717) is 11.8 Å². The summed E-state index contributed by atoms with van der Waals surface area (Å²) in [5.74, 6) is 2.16. The molecule has 0 saturated heterocycles. The van der Waals surface area contributed by atoms with Crippen molar-refractivity contribution in [3.8, 4) is 17.1 Å². The van der Waals surface area contributed by atoms with Crippen molar-refractivity contribution in [3.05, 3.63) is 24.3 Å². The second-order valence-corrected chi connectivity index (χ2v) is 5.31. The zero-order valence-corrected chi connectivity index (χ0v) is 11.9. The first kappa shape index (κ1) is 13.0. The highest BCUT2D eigenvalue weighted by atomic mass is 16.5. The first-order chi connectivity index (χ1) is 9.76. The number of hydrogen-bond donors (Lipinski definition) is 0. The maximum atomic E-state index is 5.35. The van der Waals surface area contributed by atoms with E-state index < -0.39 is 0 Å². The van der Waals surface area contributed by atoms with Crippen molar-refractivity contribution in [1.82, 2.24) is 10.1 Å². The summed E-state index contributed by atoms with van der Waals surface area (Å²) in [6.45, 7) is 0.986. The van der Waals surface area contributed by atoms with E-state index in [9.17, 15) is 0 Å². The summed E-state index contributed by atoms with van der Waals surface area (Å²) >= 11 is 0. The molecule has 0 amide bonds. The highest BCUT2D eigenvalue weighted by molar-refractivity contribution is 5.58. The number of anilines is 1. The molecule has 1 aliphatic carbocycles. The number of benzene rings is 1. The van der Waals surface area contributed by atoms with Gasteiger partial charge in [-0.25, -0.2) is 0 Å². The molecular formula is C15H19N3O2. The van der Waals surface area contributed by atoms with Gasteiger partial charge in [-0.3, -0.25) is 0 Å². The summed E-state index contributed by atoms with van der Waals surface area (Å²) in [7, 11) is 3.65. The van der Waals surface area contributed by atoms with Gasteiger partial charge < -0.3 is 14.2 Å². The predicted octanol–water partition coefficient (Wildman–Crippen LogP) is 2.98. The first-order valence-corrected chi connectivity index (χ1v) is 6.95. The zero-order valence-electron chi connectivity index (χ0n) is 11.9. The highest BCUT2D eigenvalue weighted by Crippen LogP contribution is 2.29. The van der Waals surface area contributed by atoms with Crippen molar-refractivity contribution in [1.29, 1.82) is 0 Å². The van der Waals surface area contributed by atoms with E-state index in [1.807, 2.05) is 36.2 Å². The summed E-state index contributed by atoms with van der Waals surface area (Å²) in [5, 5.41) is 4.05. The van der Waals surface area contributed by atoms with E-state index in [0.717, 1.165) is 23.8 Å². The van der Waals surface area contributed by atoms with Crippen molar-refractivity contribution in [2.45, 2.75) is 19.3 Å². The molecule has 106 valence electrons. The minimum atomic E-state index is 0.578. The number of rotatable bonds is 5. The molecule has 2 aromatic rings. The van der Waals surface area contributed by atoms with E-state index >= 15 is 0 Å². The van der Waals surface area contributed by atoms with Crippen LogP contribution in [0.1, 0.15) is 19.3 Å². The van der Waals surface area contributed by atoms with E-state index in [2.05, 4.69) is 10.1 Å². The number of aromatic nitrogens is 2.